The van der Waals surface area contributed by atoms with Crippen molar-refractivity contribution in [2.45, 2.75) is 39.7 Å². The minimum atomic E-state index is -3.59. The van der Waals surface area contributed by atoms with Gasteiger partial charge >= 0.3 is 5.97 Å². The Bertz CT molecular complexity index is 1140. The van der Waals surface area contributed by atoms with Crippen LogP contribution in [0.5, 0.6) is 0 Å². The molecule has 0 unspecified atom stereocenters. The van der Waals surface area contributed by atoms with E-state index in [2.05, 4.69) is 11.9 Å². The molecule has 2 heterocycles. The zero-order valence-corrected chi connectivity index (χ0v) is 19.2. The molecule has 0 aliphatic heterocycles. The minimum absolute atomic E-state index is 0.0548. The Morgan fingerprint density at radius 3 is 2.39 bits per heavy atom. The van der Waals surface area contributed by atoms with Crippen LogP contribution in [0.25, 0.3) is 10.6 Å². The Balaban J connectivity index is 1.99. The largest absolute Gasteiger partial charge is 0.477 e. The Morgan fingerprint density at radius 2 is 1.77 bits per heavy atom. The van der Waals surface area contributed by atoms with E-state index in [9.17, 15) is 18.3 Å². The maximum Gasteiger partial charge on any atom is 0.345 e. The van der Waals surface area contributed by atoms with Gasteiger partial charge in [-0.15, -0.1) is 11.3 Å². The van der Waals surface area contributed by atoms with Gasteiger partial charge in [-0.05, 0) is 55.2 Å². The van der Waals surface area contributed by atoms with Gasteiger partial charge in [0.05, 0.1) is 22.9 Å². The highest BCUT2D eigenvalue weighted by molar-refractivity contribution is 7.92. The van der Waals surface area contributed by atoms with Crippen molar-refractivity contribution in [3.8, 4) is 10.6 Å². The van der Waals surface area contributed by atoms with Crippen LogP contribution in [-0.4, -0.2) is 30.2 Å². The Morgan fingerprint density at radius 1 is 1.06 bits per heavy atom. The number of thiophene rings is 1. The van der Waals surface area contributed by atoms with Crippen LogP contribution in [0, 0.1) is 0 Å². The molecular weight excluding hydrogens is 432 g/mol. The summed E-state index contributed by atoms with van der Waals surface area (Å²) >= 11 is 1.08. The van der Waals surface area contributed by atoms with Gasteiger partial charge in [0.25, 0.3) is 0 Å². The van der Waals surface area contributed by atoms with E-state index in [4.69, 9.17) is 0 Å². The van der Waals surface area contributed by atoms with Crippen molar-refractivity contribution in [1.82, 2.24) is 4.98 Å². The number of aromatic carboxylic acids is 1. The number of rotatable bonds is 10. The molecule has 0 amide bonds. The molecule has 2 aromatic heterocycles. The highest BCUT2D eigenvalue weighted by Crippen LogP contribution is 2.35. The molecule has 0 atom stereocenters. The zero-order valence-electron chi connectivity index (χ0n) is 17.6. The summed E-state index contributed by atoms with van der Waals surface area (Å²) in [4.78, 5) is 16.5. The molecule has 1 aromatic carbocycles. The topological polar surface area (TPSA) is 87.6 Å². The molecular formula is C23H26N2O4S2. The molecule has 3 aromatic rings. The van der Waals surface area contributed by atoms with Gasteiger partial charge < -0.3 is 5.11 Å². The van der Waals surface area contributed by atoms with E-state index in [1.165, 1.54) is 15.9 Å². The first-order valence-electron chi connectivity index (χ1n) is 10.2. The number of sulfonamides is 1. The lowest BCUT2D eigenvalue weighted by Crippen LogP contribution is -2.32. The van der Waals surface area contributed by atoms with Crippen molar-refractivity contribution in [1.29, 1.82) is 0 Å². The number of aryl methyl sites for hydroxylation is 1. The summed E-state index contributed by atoms with van der Waals surface area (Å²) in [5.74, 6) is -1.07. The first-order chi connectivity index (χ1) is 14.9. The number of benzene rings is 1. The molecule has 0 bridgehead atoms. The van der Waals surface area contributed by atoms with Gasteiger partial charge in [0, 0.05) is 6.20 Å². The average Bonchev–Trinajstić information content (AvgIpc) is 3.27. The van der Waals surface area contributed by atoms with Crippen LogP contribution in [0.2, 0.25) is 0 Å². The number of carboxylic acids is 1. The molecule has 1 N–H and O–H groups in total. The fourth-order valence-corrected chi connectivity index (χ4v) is 5.17. The zero-order chi connectivity index (χ0) is 22.4. The standard InChI is InChI=1S/C23H26N2O4S2/c1-3-5-7-17-9-11-18(12-10-17)16-25(31(28,29)4-2)19-8-6-15-24-22(19)20-13-14-21(30-20)23(26)27/h6,8-15H,3-5,7,16H2,1-2H3,(H,26,27). The van der Waals surface area contributed by atoms with Gasteiger partial charge in [0.1, 0.15) is 10.6 Å². The summed E-state index contributed by atoms with van der Waals surface area (Å²) in [5, 5.41) is 9.25. The van der Waals surface area contributed by atoms with E-state index in [-0.39, 0.29) is 17.2 Å². The molecule has 0 aliphatic rings. The summed E-state index contributed by atoms with van der Waals surface area (Å²) in [7, 11) is -3.59. The highest BCUT2D eigenvalue weighted by Gasteiger charge is 2.25. The third-order valence-corrected chi connectivity index (χ3v) is 7.78. The van der Waals surface area contributed by atoms with Crippen LogP contribution in [0.4, 0.5) is 5.69 Å². The van der Waals surface area contributed by atoms with E-state index in [1.54, 1.807) is 31.3 Å². The van der Waals surface area contributed by atoms with Gasteiger partial charge in [-0.1, -0.05) is 37.6 Å². The van der Waals surface area contributed by atoms with Crippen LogP contribution in [0.3, 0.4) is 0 Å². The first-order valence-corrected chi connectivity index (χ1v) is 12.6. The molecule has 0 fully saturated rings. The van der Waals surface area contributed by atoms with Crippen molar-refractivity contribution in [3.05, 3.63) is 70.7 Å². The molecule has 0 aliphatic carbocycles. The Labute approximate surface area is 187 Å². The molecule has 0 saturated carbocycles. The summed E-state index contributed by atoms with van der Waals surface area (Å²) in [6, 6.07) is 14.6. The molecule has 0 radical (unpaired) electrons. The Kier molecular flexibility index (Phi) is 7.46. The second kappa shape index (κ2) is 10.1. The van der Waals surface area contributed by atoms with Crippen molar-refractivity contribution >= 4 is 33.0 Å². The number of anilines is 1. The van der Waals surface area contributed by atoms with E-state index >= 15 is 0 Å². The van der Waals surface area contributed by atoms with Crippen LogP contribution in [0.15, 0.2) is 54.7 Å². The molecule has 8 heteroatoms. The third-order valence-electron chi connectivity index (χ3n) is 4.97. The number of pyridine rings is 1. The van der Waals surface area contributed by atoms with Gasteiger partial charge in [-0.3, -0.25) is 9.29 Å². The average molecular weight is 459 g/mol. The fourth-order valence-electron chi connectivity index (χ4n) is 3.22. The Hall–Kier alpha value is -2.71. The summed E-state index contributed by atoms with van der Waals surface area (Å²) < 4.78 is 27.4. The second-order valence-electron chi connectivity index (χ2n) is 7.17. The van der Waals surface area contributed by atoms with Gasteiger partial charge in [0.2, 0.25) is 10.0 Å². The quantitative estimate of drug-likeness (QED) is 0.451. The summed E-state index contributed by atoms with van der Waals surface area (Å²) in [5.41, 5.74) is 3.01. The van der Waals surface area contributed by atoms with Crippen molar-refractivity contribution in [2.75, 3.05) is 10.1 Å². The minimum Gasteiger partial charge on any atom is -0.477 e. The molecule has 164 valence electrons. The lowest BCUT2D eigenvalue weighted by atomic mass is 10.1. The van der Waals surface area contributed by atoms with E-state index < -0.39 is 16.0 Å². The molecule has 31 heavy (non-hydrogen) atoms. The number of hydrogen-bond donors (Lipinski definition) is 1. The number of carbonyl (C=O) groups is 1. The normalized spacial score (nSPS) is 11.4. The van der Waals surface area contributed by atoms with Crippen LogP contribution < -0.4 is 4.31 Å². The fraction of sp³-hybridized carbons (Fsp3) is 0.304. The number of aromatic nitrogens is 1. The summed E-state index contributed by atoms with van der Waals surface area (Å²) in [6.07, 6.45) is 4.83. The lowest BCUT2D eigenvalue weighted by molar-refractivity contribution is 0.0702. The van der Waals surface area contributed by atoms with Crippen molar-refractivity contribution in [3.63, 3.8) is 0 Å². The molecule has 3 rings (SSSR count). The van der Waals surface area contributed by atoms with E-state index in [1.807, 2.05) is 24.3 Å². The summed E-state index contributed by atoms with van der Waals surface area (Å²) in [6.45, 7) is 3.94. The van der Waals surface area contributed by atoms with Crippen LogP contribution in [-0.2, 0) is 23.0 Å². The molecule has 6 nitrogen and oxygen atoms in total. The van der Waals surface area contributed by atoms with Crippen molar-refractivity contribution in [2.24, 2.45) is 0 Å². The van der Waals surface area contributed by atoms with Gasteiger partial charge in [-0.25, -0.2) is 13.2 Å². The molecule has 0 spiro atoms. The smallest absolute Gasteiger partial charge is 0.345 e. The lowest BCUT2D eigenvalue weighted by Gasteiger charge is -2.25. The number of hydrogen-bond acceptors (Lipinski definition) is 5. The van der Waals surface area contributed by atoms with Gasteiger partial charge in [-0.2, -0.15) is 0 Å². The molecule has 0 saturated heterocycles. The third kappa shape index (κ3) is 5.51. The first kappa shape index (κ1) is 23.0. The second-order valence-corrected chi connectivity index (χ2v) is 10.4. The predicted molar refractivity (Wildman–Crippen MR) is 125 cm³/mol. The van der Waals surface area contributed by atoms with Crippen LogP contribution >= 0.6 is 11.3 Å². The number of unbranched alkanes of at least 4 members (excludes halogenated alkanes) is 1. The van der Waals surface area contributed by atoms with Gasteiger partial charge in [0.15, 0.2) is 0 Å². The van der Waals surface area contributed by atoms with E-state index in [0.29, 0.717) is 16.3 Å². The monoisotopic (exact) mass is 458 g/mol. The van der Waals surface area contributed by atoms with Crippen LogP contribution in [0.1, 0.15) is 47.5 Å². The van der Waals surface area contributed by atoms with E-state index in [0.717, 1.165) is 36.2 Å². The van der Waals surface area contributed by atoms with Crippen molar-refractivity contribution < 1.29 is 18.3 Å². The SMILES string of the molecule is CCCCc1ccc(CN(c2cccnc2-c2ccc(C(=O)O)s2)S(=O)(=O)CC)cc1. The predicted octanol–water partition coefficient (Wildman–Crippen LogP) is 5.21. The maximum atomic E-state index is 13.0. The number of carboxylic acid groups (broad SMARTS) is 1. The highest BCUT2D eigenvalue weighted by atomic mass is 32.2. The number of nitrogens with zero attached hydrogens (tertiary/aromatic N) is 2. The maximum absolute atomic E-state index is 13.0.